The van der Waals surface area contributed by atoms with Crippen molar-refractivity contribution in [3.05, 3.63) is 42.0 Å². The molecule has 0 unspecified atom stereocenters. The van der Waals surface area contributed by atoms with E-state index in [1.54, 1.807) is 6.08 Å². The Morgan fingerprint density at radius 2 is 1.81 bits per heavy atom. The molecule has 2 rings (SSSR count). The van der Waals surface area contributed by atoms with Crippen LogP contribution in [0.1, 0.15) is 32.3 Å². The van der Waals surface area contributed by atoms with Gasteiger partial charge in [-0.3, -0.25) is 4.79 Å². The molecule has 0 saturated carbocycles. The highest BCUT2D eigenvalue weighted by atomic mass is 16.1. The van der Waals surface area contributed by atoms with E-state index in [0.29, 0.717) is 12.0 Å². The maximum Gasteiger partial charge on any atom is 0.163 e. The Kier molecular flexibility index (Phi) is 4.24. The van der Waals surface area contributed by atoms with Crippen molar-refractivity contribution in [1.29, 1.82) is 10.5 Å². The molecule has 0 spiro atoms. The third-order valence-electron chi connectivity index (χ3n) is 4.26. The van der Waals surface area contributed by atoms with Crippen LogP contribution < -0.4 is 0 Å². The zero-order chi connectivity index (χ0) is 15.5. The van der Waals surface area contributed by atoms with Crippen LogP contribution in [0.25, 0.3) is 5.57 Å². The van der Waals surface area contributed by atoms with E-state index in [-0.39, 0.29) is 24.0 Å². The van der Waals surface area contributed by atoms with Gasteiger partial charge in [-0.25, -0.2) is 0 Å². The van der Waals surface area contributed by atoms with Crippen LogP contribution in [-0.2, 0) is 4.79 Å². The molecule has 3 heteroatoms. The monoisotopic (exact) mass is 278 g/mol. The van der Waals surface area contributed by atoms with E-state index >= 15 is 0 Å². The van der Waals surface area contributed by atoms with Crippen LogP contribution in [-0.4, -0.2) is 5.78 Å². The second-order valence-electron chi connectivity index (χ2n) is 5.86. The molecule has 0 bridgehead atoms. The van der Waals surface area contributed by atoms with E-state index in [1.165, 1.54) is 0 Å². The number of ketones is 1. The number of carbonyl (C=O) groups excluding carboxylic acids is 1. The Morgan fingerprint density at radius 1 is 1.19 bits per heavy atom. The normalized spacial score (nSPS) is 21.1. The first-order valence-electron chi connectivity index (χ1n) is 7.15. The fraction of sp³-hybridized carbons (Fsp3) is 0.389. The summed E-state index contributed by atoms with van der Waals surface area (Å²) in [5.41, 5.74) is 0.380. The largest absolute Gasteiger partial charge is 0.294 e. The van der Waals surface area contributed by atoms with Gasteiger partial charge in [0.25, 0.3) is 0 Å². The smallest absolute Gasteiger partial charge is 0.163 e. The Labute approximate surface area is 125 Å². The van der Waals surface area contributed by atoms with Crippen LogP contribution in [0.15, 0.2) is 36.4 Å². The molecule has 21 heavy (non-hydrogen) atoms. The predicted octanol–water partition coefficient (Wildman–Crippen LogP) is 3.74. The van der Waals surface area contributed by atoms with E-state index in [1.807, 2.05) is 44.2 Å². The lowest BCUT2D eigenvalue weighted by molar-refractivity contribution is -0.115. The van der Waals surface area contributed by atoms with E-state index in [0.717, 1.165) is 5.56 Å². The molecule has 0 heterocycles. The molecular weight excluding hydrogens is 260 g/mol. The average Bonchev–Trinajstić information content (AvgIpc) is 2.65. The number of hydrogen-bond donors (Lipinski definition) is 0. The quantitative estimate of drug-likeness (QED) is 0.827. The maximum absolute atomic E-state index is 12.6. The third kappa shape index (κ3) is 2.73. The van der Waals surface area contributed by atoms with Crippen molar-refractivity contribution in [2.24, 2.45) is 17.3 Å². The minimum absolute atomic E-state index is 0.0206. The minimum atomic E-state index is -1.11. The van der Waals surface area contributed by atoms with Gasteiger partial charge in [0.2, 0.25) is 0 Å². The molecule has 3 nitrogen and oxygen atoms in total. The molecule has 0 amide bonds. The van der Waals surface area contributed by atoms with Crippen molar-refractivity contribution in [1.82, 2.24) is 0 Å². The lowest BCUT2D eigenvalue weighted by Crippen LogP contribution is -2.31. The number of benzene rings is 1. The van der Waals surface area contributed by atoms with Gasteiger partial charge in [-0.05, 0) is 17.9 Å². The second-order valence-corrected chi connectivity index (χ2v) is 5.86. The molecular formula is C18H18N2O. The first kappa shape index (κ1) is 15.0. The average molecular weight is 278 g/mol. The van der Waals surface area contributed by atoms with Crippen molar-refractivity contribution in [2.45, 2.75) is 26.7 Å². The van der Waals surface area contributed by atoms with Gasteiger partial charge in [-0.1, -0.05) is 50.3 Å². The van der Waals surface area contributed by atoms with E-state index in [2.05, 4.69) is 12.1 Å². The van der Waals surface area contributed by atoms with Gasteiger partial charge in [0.1, 0.15) is 0 Å². The van der Waals surface area contributed by atoms with E-state index in [9.17, 15) is 15.3 Å². The number of hydrogen-bond acceptors (Lipinski definition) is 3. The fourth-order valence-corrected chi connectivity index (χ4v) is 3.00. The van der Waals surface area contributed by atoms with Crippen molar-refractivity contribution < 1.29 is 4.79 Å². The van der Waals surface area contributed by atoms with Crippen molar-refractivity contribution in [2.75, 3.05) is 0 Å². The molecule has 1 aromatic rings. The predicted molar refractivity (Wildman–Crippen MR) is 80.6 cm³/mol. The molecule has 0 fully saturated rings. The molecule has 1 aliphatic carbocycles. The summed E-state index contributed by atoms with van der Waals surface area (Å²) in [6.45, 7) is 3.93. The summed E-state index contributed by atoms with van der Waals surface area (Å²) in [5, 5.41) is 19.0. The van der Waals surface area contributed by atoms with Crippen molar-refractivity contribution in [3.8, 4) is 12.1 Å². The molecule has 1 aromatic carbocycles. The third-order valence-corrected chi connectivity index (χ3v) is 4.26. The highest BCUT2D eigenvalue weighted by Crippen LogP contribution is 2.42. The van der Waals surface area contributed by atoms with Gasteiger partial charge >= 0.3 is 0 Å². The summed E-state index contributed by atoms with van der Waals surface area (Å²) in [6.07, 6.45) is 2.32. The van der Waals surface area contributed by atoms with Crippen LogP contribution in [0.5, 0.6) is 0 Å². The molecule has 1 aliphatic rings. The highest BCUT2D eigenvalue weighted by molar-refractivity contribution is 6.21. The zero-order valence-electron chi connectivity index (χ0n) is 12.3. The second kappa shape index (κ2) is 5.94. The number of Topliss-reactive ketones (excluding diaryl/α,β-unsaturated/α-hetero) is 1. The lowest BCUT2D eigenvalue weighted by atomic mass is 9.69. The summed E-state index contributed by atoms with van der Waals surface area (Å²) in [4.78, 5) is 12.6. The Morgan fingerprint density at radius 3 is 2.33 bits per heavy atom. The molecule has 1 atom stereocenters. The van der Waals surface area contributed by atoms with E-state index in [4.69, 9.17) is 0 Å². The Bertz CT molecular complexity index is 630. The van der Waals surface area contributed by atoms with Gasteiger partial charge in [0.05, 0.1) is 12.1 Å². The molecule has 106 valence electrons. The summed E-state index contributed by atoms with van der Waals surface area (Å²) in [5.74, 6) is -0.110. The summed E-state index contributed by atoms with van der Waals surface area (Å²) >= 11 is 0. The highest BCUT2D eigenvalue weighted by Gasteiger charge is 2.43. The summed E-state index contributed by atoms with van der Waals surface area (Å²) < 4.78 is 0. The first-order valence-corrected chi connectivity index (χ1v) is 7.15. The van der Waals surface area contributed by atoms with Crippen molar-refractivity contribution in [3.63, 3.8) is 0 Å². The number of nitrogens with zero attached hydrogens (tertiary/aromatic N) is 2. The van der Waals surface area contributed by atoms with E-state index < -0.39 is 5.41 Å². The van der Waals surface area contributed by atoms with Gasteiger partial charge in [0, 0.05) is 17.9 Å². The molecule has 0 saturated heterocycles. The fourth-order valence-electron chi connectivity index (χ4n) is 3.00. The van der Waals surface area contributed by atoms with Crippen LogP contribution in [0.3, 0.4) is 0 Å². The Hall–Kier alpha value is -2.39. The molecule has 0 aliphatic heterocycles. The molecule has 0 aromatic heterocycles. The van der Waals surface area contributed by atoms with Gasteiger partial charge < -0.3 is 0 Å². The molecule has 0 radical (unpaired) electrons. The molecule has 0 N–H and O–H groups in total. The standard InChI is InChI=1S/C18H18N2O/c1-13(2)16-10-17(21)15(14-6-4-3-5-7-14)8-9-18(16,11-19)12-20/h3-8,13,16H,9-10H2,1-2H3/t16-/m0/s1. The Balaban J connectivity index is 2.48. The van der Waals surface area contributed by atoms with Gasteiger partial charge in [0.15, 0.2) is 11.2 Å². The SMILES string of the molecule is CC(C)[C@@H]1CC(=O)C(c2ccccc2)=CCC1(C#N)C#N. The van der Waals surface area contributed by atoms with Gasteiger partial charge in [-0.15, -0.1) is 0 Å². The number of allylic oxidation sites excluding steroid dienone is 2. The van der Waals surface area contributed by atoms with Crippen LogP contribution in [0, 0.1) is 39.9 Å². The number of rotatable bonds is 2. The lowest BCUT2D eigenvalue weighted by Gasteiger charge is -2.29. The van der Waals surface area contributed by atoms with Crippen molar-refractivity contribution >= 4 is 11.4 Å². The summed E-state index contributed by atoms with van der Waals surface area (Å²) in [6, 6.07) is 13.8. The van der Waals surface area contributed by atoms with Crippen LogP contribution >= 0.6 is 0 Å². The maximum atomic E-state index is 12.6. The number of carbonyl (C=O) groups is 1. The van der Waals surface area contributed by atoms with Crippen LogP contribution in [0.4, 0.5) is 0 Å². The topological polar surface area (TPSA) is 64.7 Å². The van der Waals surface area contributed by atoms with Crippen LogP contribution in [0.2, 0.25) is 0 Å². The first-order chi connectivity index (χ1) is 10.0. The number of nitriles is 2. The summed E-state index contributed by atoms with van der Waals surface area (Å²) in [7, 11) is 0. The zero-order valence-corrected chi connectivity index (χ0v) is 12.3. The minimum Gasteiger partial charge on any atom is -0.294 e. The van der Waals surface area contributed by atoms with Gasteiger partial charge in [-0.2, -0.15) is 10.5 Å².